The summed E-state index contributed by atoms with van der Waals surface area (Å²) < 4.78 is 46.4. The third kappa shape index (κ3) is 2.54. The van der Waals surface area contributed by atoms with Gasteiger partial charge in [0.05, 0.1) is 18.7 Å². The molecule has 1 aromatic heterocycles. The van der Waals surface area contributed by atoms with Crippen LogP contribution in [0.5, 0.6) is 0 Å². The normalized spacial score (nSPS) is 10.9. The Kier molecular flexibility index (Phi) is 4.01. The lowest BCUT2D eigenvalue weighted by atomic mass is 10.2. The van der Waals surface area contributed by atoms with Gasteiger partial charge in [0.2, 0.25) is 0 Å². The minimum absolute atomic E-state index is 0.0958. The van der Waals surface area contributed by atoms with E-state index in [9.17, 15) is 13.2 Å². The van der Waals surface area contributed by atoms with Gasteiger partial charge in [-0.05, 0) is 24.4 Å². The topological polar surface area (TPSA) is 42.8 Å². The van der Waals surface area contributed by atoms with Crippen molar-refractivity contribution in [2.75, 3.05) is 13.7 Å². The smallest absolute Gasteiger partial charge is 0.195 e. The van der Waals surface area contributed by atoms with Crippen molar-refractivity contribution >= 4 is 12.2 Å². The van der Waals surface area contributed by atoms with Crippen molar-refractivity contribution in [3.63, 3.8) is 0 Å². The van der Waals surface area contributed by atoms with Crippen molar-refractivity contribution in [2.24, 2.45) is 0 Å². The van der Waals surface area contributed by atoms with Gasteiger partial charge < -0.3 is 4.74 Å². The van der Waals surface area contributed by atoms with E-state index in [-0.39, 0.29) is 16.2 Å². The number of rotatable bonds is 4. The molecular formula is C11H10F3N3OS. The number of ether oxygens (including phenoxy) is 1. The molecule has 1 aromatic carbocycles. The molecule has 0 aliphatic rings. The number of aromatic nitrogens is 3. The Bertz CT molecular complexity index is 653. The fourth-order valence-electron chi connectivity index (χ4n) is 1.61. The zero-order chi connectivity index (χ0) is 14.0. The molecule has 8 heteroatoms. The molecule has 0 aliphatic carbocycles. The van der Waals surface area contributed by atoms with Gasteiger partial charge in [0.15, 0.2) is 28.0 Å². The molecule has 0 saturated heterocycles. The number of H-pyrrole nitrogens is 1. The van der Waals surface area contributed by atoms with Crippen LogP contribution in [-0.2, 0) is 11.3 Å². The Hall–Kier alpha value is -1.67. The van der Waals surface area contributed by atoms with Crippen LogP contribution in [0, 0.1) is 22.2 Å². The molecule has 19 heavy (non-hydrogen) atoms. The second-order valence-electron chi connectivity index (χ2n) is 3.72. The van der Waals surface area contributed by atoms with E-state index in [1.165, 1.54) is 11.7 Å². The van der Waals surface area contributed by atoms with Crippen LogP contribution in [0.4, 0.5) is 13.2 Å². The number of hydrogen-bond donors (Lipinski definition) is 1. The Morgan fingerprint density at radius 1 is 1.32 bits per heavy atom. The van der Waals surface area contributed by atoms with Crippen molar-refractivity contribution in [2.45, 2.75) is 6.54 Å². The highest BCUT2D eigenvalue weighted by Gasteiger charge is 2.19. The summed E-state index contributed by atoms with van der Waals surface area (Å²) in [5.41, 5.74) is -0.164. The van der Waals surface area contributed by atoms with Gasteiger partial charge in [0.1, 0.15) is 0 Å². The van der Waals surface area contributed by atoms with E-state index in [4.69, 9.17) is 17.0 Å². The average molecular weight is 289 g/mol. The maximum absolute atomic E-state index is 13.7. The zero-order valence-electron chi connectivity index (χ0n) is 9.91. The molecule has 0 fully saturated rings. The standard InChI is InChI=1S/C11H10F3N3OS/c1-18-5-4-17-10(15-16-11(17)19)6-2-3-7(12)9(14)8(6)13/h2-3H,4-5H2,1H3,(H,16,19). The summed E-state index contributed by atoms with van der Waals surface area (Å²) in [4.78, 5) is 0. The second kappa shape index (κ2) is 5.54. The quantitative estimate of drug-likeness (QED) is 0.695. The molecule has 4 nitrogen and oxygen atoms in total. The van der Waals surface area contributed by atoms with Gasteiger partial charge in [-0.25, -0.2) is 13.2 Å². The minimum Gasteiger partial charge on any atom is -0.383 e. The van der Waals surface area contributed by atoms with Crippen molar-refractivity contribution < 1.29 is 17.9 Å². The Labute approximate surface area is 111 Å². The Balaban J connectivity index is 2.54. The summed E-state index contributed by atoms with van der Waals surface area (Å²) in [7, 11) is 1.50. The van der Waals surface area contributed by atoms with Crippen LogP contribution in [0.3, 0.4) is 0 Å². The van der Waals surface area contributed by atoms with Gasteiger partial charge in [-0.15, -0.1) is 0 Å². The van der Waals surface area contributed by atoms with Crippen molar-refractivity contribution in [3.05, 3.63) is 34.4 Å². The van der Waals surface area contributed by atoms with Crippen LogP contribution in [0.2, 0.25) is 0 Å². The summed E-state index contributed by atoms with van der Waals surface area (Å²) in [6.07, 6.45) is 0. The summed E-state index contributed by atoms with van der Waals surface area (Å²) in [6.45, 7) is 0.645. The first-order chi connectivity index (χ1) is 9.06. The molecule has 0 unspecified atom stereocenters. The van der Waals surface area contributed by atoms with Gasteiger partial charge in [-0.3, -0.25) is 9.67 Å². The average Bonchev–Trinajstić information content (AvgIpc) is 2.75. The molecule has 102 valence electrons. The number of aromatic amines is 1. The summed E-state index contributed by atoms with van der Waals surface area (Å²) in [6, 6.07) is 1.95. The maximum atomic E-state index is 13.7. The monoisotopic (exact) mass is 289 g/mol. The molecule has 2 rings (SSSR count). The van der Waals surface area contributed by atoms with Crippen LogP contribution in [-0.4, -0.2) is 28.5 Å². The Morgan fingerprint density at radius 3 is 2.74 bits per heavy atom. The SMILES string of the molecule is COCCn1c(-c2ccc(F)c(F)c2F)n[nH]c1=S. The fourth-order valence-corrected chi connectivity index (χ4v) is 1.84. The second-order valence-corrected chi connectivity index (χ2v) is 4.11. The van der Waals surface area contributed by atoms with E-state index >= 15 is 0 Å². The molecule has 0 radical (unpaired) electrons. The lowest BCUT2D eigenvalue weighted by Gasteiger charge is -2.07. The minimum atomic E-state index is -1.54. The van der Waals surface area contributed by atoms with Crippen molar-refractivity contribution in [1.82, 2.24) is 14.8 Å². The van der Waals surface area contributed by atoms with Gasteiger partial charge in [-0.1, -0.05) is 0 Å². The molecule has 0 amide bonds. The third-order valence-electron chi connectivity index (χ3n) is 2.55. The molecule has 0 saturated carbocycles. The molecule has 1 N–H and O–H groups in total. The molecule has 1 heterocycles. The van der Waals surface area contributed by atoms with Crippen LogP contribution < -0.4 is 0 Å². The maximum Gasteiger partial charge on any atom is 0.195 e. The van der Waals surface area contributed by atoms with Crippen LogP contribution in [0.25, 0.3) is 11.4 Å². The Morgan fingerprint density at radius 2 is 2.05 bits per heavy atom. The van der Waals surface area contributed by atoms with Crippen molar-refractivity contribution in [3.8, 4) is 11.4 Å². The summed E-state index contributed by atoms with van der Waals surface area (Å²) in [5, 5.41) is 6.31. The van der Waals surface area contributed by atoms with Gasteiger partial charge in [-0.2, -0.15) is 5.10 Å². The van der Waals surface area contributed by atoms with Gasteiger partial charge in [0, 0.05) is 7.11 Å². The largest absolute Gasteiger partial charge is 0.383 e. The molecule has 0 bridgehead atoms. The number of halogens is 3. The fraction of sp³-hybridized carbons (Fsp3) is 0.273. The molecular weight excluding hydrogens is 279 g/mol. The highest BCUT2D eigenvalue weighted by atomic mass is 32.1. The van der Waals surface area contributed by atoms with Gasteiger partial charge >= 0.3 is 0 Å². The molecule has 0 atom stereocenters. The first kappa shape index (κ1) is 13.8. The number of methoxy groups -OCH3 is 1. The molecule has 2 aromatic rings. The zero-order valence-corrected chi connectivity index (χ0v) is 10.7. The summed E-state index contributed by atoms with van der Waals surface area (Å²) in [5.74, 6) is -3.99. The predicted octanol–water partition coefficient (Wildman–Crippen LogP) is 2.67. The first-order valence-electron chi connectivity index (χ1n) is 5.34. The molecule has 0 spiro atoms. The number of nitrogens with one attached hydrogen (secondary N) is 1. The number of benzene rings is 1. The van der Waals surface area contributed by atoms with Crippen LogP contribution >= 0.6 is 12.2 Å². The predicted molar refractivity (Wildman–Crippen MR) is 64.6 cm³/mol. The van der Waals surface area contributed by atoms with Gasteiger partial charge in [0.25, 0.3) is 0 Å². The van der Waals surface area contributed by atoms with Crippen LogP contribution in [0.15, 0.2) is 12.1 Å². The number of hydrogen-bond acceptors (Lipinski definition) is 3. The third-order valence-corrected chi connectivity index (χ3v) is 2.87. The van der Waals surface area contributed by atoms with E-state index < -0.39 is 17.5 Å². The lowest BCUT2D eigenvalue weighted by Crippen LogP contribution is -2.07. The van der Waals surface area contributed by atoms with E-state index in [1.54, 1.807) is 0 Å². The van der Waals surface area contributed by atoms with E-state index in [0.717, 1.165) is 12.1 Å². The summed E-state index contributed by atoms with van der Waals surface area (Å²) >= 11 is 4.99. The van der Waals surface area contributed by atoms with E-state index in [1.807, 2.05) is 0 Å². The number of nitrogens with zero attached hydrogens (tertiary/aromatic N) is 2. The highest BCUT2D eigenvalue weighted by Crippen LogP contribution is 2.24. The highest BCUT2D eigenvalue weighted by molar-refractivity contribution is 7.71. The van der Waals surface area contributed by atoms with E-state index in [2.05, 4.69) is 10.2 Å². The first-order valence-corrected chi connectivity index (χ1v) is 5.75. The lowest BCUT2D eigenvalue weighted by molar-refractivity contribution is 0.187. The van der Waals surface area contributed by atoms with E-state index in [0.29, 0.717) is 13.2 Å². The molecule has 0 aliphatic heterocycles. The van der Waals surface area contributed by atoms with Crippen LogP contribution in [0.1, 0.15) is 0 Å². The van der Waals surface area contributed by atoms with Crippen molar-refractivity contribution in [1.29, 1.82) is 0 Å².